The summed E-state index contributed by atoms with van der Waals surface area (Å²) in [4.78, 5) is 25.1. The molecule has 7 nitrogen and oxygen atoms in total. The highest BCUT2D eigenvalue weighted by Crippen LogP contribution is 2.35. The van der Waals surface area contributed by atoms with Gasteiger partial charge in [-0.2, -0.15) is 0 Å². The van der Waals surface area contributed by atoms with Gasteiger partial charge in [0, 0.05) is 51.0 Å². The normalized spacial score (nSPS) is 17.8. The van der Waals surface area contributed by atoms with E-state index in [-0.39, 0.29) is 5.78 Å². The summed E-state index contributed by atoms with van der Waals surface area (Å²) in [6.45, 7) is 7.93. The van der Waals surface area contributed by atoms with Crippen LogP contribution in [-0.4, -0.2) is 53.6 Å². The third kappa shape index (κ3) is 3.60. The van der Waals surface area contributed by atoms with Crippen molar-refractivity contribution in [2.24, 2.45) is 0 Å². The fourth-order valence-corrected chi connectivity index (χ4v) is 3.53. The molecule has 0 amide bonds. The number of piperazine rings is 1. The molecule has 0 radical (unpaired) electrons. The fourth-order valence-electron chi connectivity index (χ4n) is 3.53. The number of hydrogen-bond donors (Lipinski definition) is 0. The van der Waals surface area contributed by atoms with Gasteiger partial charge in [-0.3, -0.25) is 9.69 Å². The number of carbonyl (C=O) groups is 1. The van der Waals surface area contributed by atoms with Crippen LogP contribution in [0.25, 0.3) is 0 Å². The number of Topliss-reactive ketones (excluding diaryl/α,β-unsaturated/α-hetero) is 1. The van der Waals surface area contributed by atoms with Gasteiger partial charge in [0.1, 0.15) is 0 Å². The number of ether oxygens (including phenoxy) is 2. The van der Waals surface area contributed by atoms with Crippen LogP contribution in [0.15, 0.2) is 30.6 Å². The zero-order valence-corrected chi connectivity index (χ0v) is 15.7. The van der Waals surface area contributed by atoms with Gasteiger partial charge in [0.15, 0.2) is 17.3 Å². The molecule has 0 bridgehead atoms. The number of aromatic nitrogens is 2. The number of carbonyl (C=O) groups excluding carboxylic acids is 1. The molecule has 1 aromatic carbocycles. The van der Waals surface area contributed by atoms with E-state index in [0.29, 0.717) is 30.8 Å². The average Bonchev–Trinajstić information content (AvgIpc) is 3.21. The monoisotopic (exact) mass is 368 g/mol. The topological polar surface area (TPSA) is 67.8 Å². The number of fused-ring (bicyclic) bond motifs is 1. The number of rotatable bonds is 5. The summed E-state index contributed by atoms with van der Waals surface area (Å²) in [5, 5.41) is 0. The molecule has 27 heavy (non-hydrogen) atoms. The summed E-state index contributed by atoms with van der Waals surface area (Å²) in [5.41, 5.74) is 1.81. The number of benzene rings is 1. The van der Waals surface area contributed by atoms with E-state index >= 15 is 0 Å². The van der Waals surface area contributed by atoms with Crippen molar-refractivity contribution in [1.29, 1.82) is 0 Å². The summed E-state index contributed by atoms with van der Waals surface area (Å²) < 4.78 is 10.9. The van der Waals surface area contributed by atoms with Crippen molar-refractivity contribution in [3.05, 3.63) is 41.7 Å². The summed E-state index contributed by atoms with van der Waals surface area (Å²) >= 11 is 0. The molecule has 1 fully saturated rings. The van der Waals surface area contributed by atoms with E-state index in [9.17, 15) is 4.79 Å². The Balaban J connectivity index is 1.37. The smallest absolute Gasteiger partial charge is 0.231 e. The lowest BCUT2D eigenvalue weighted by molar-refractivity contribution is 0.0987. The Kier molecular flexibility index (Phi) is 4.94. The van der Waals surface area contributed by atoms with Crippen LogP contribution in [0.1, 0.15) is 42.2 Å². The van der Waals surface area contributed by atoms with Crippen molar-refractivity contribution >= 4 is 11.7 Å². The number of ketones is 1. The van der Waals surface area contributed by atoms with Crippen LogP contribution >= 0.6 is 0 Å². The van der Waals surface area contributed by atoms with Crippen LogP contribution in [0.5, 0.6) is 11.5 Å². The lowest BCUT2D eigenvalue weighted by Gasteiger charge is -2.38. The lowest BCUT2D eigenvalue weighted by atomic mass is 10.1. The first-order chi connectivity index (χ1) is 13.2. The van der Waals surface area contributed by atoms with Crippen molar-refractivity contribution in [2.45, 2.75) is 26.3 Å². The van der Waals surface area contributed by atoms with Crippen molar-refractivity contribution in [2.75, 3.05) is 37.9 Å². The second-order valence-corrected chi connectivity index (χ2v) is 6.86. The van der Waals surface area contributed by atoms with Crippen molar-refractivity contribution in [3.8, 4) is 11.5 Å². The second-order valence-electron chi connectivity index (χ2n) is 6.86. The van der Waals surface area contributed by atoms with Crippen LogP contribution in [-0.2, 0) is 0 Å². The number of anilines is 1. The predicted octanol–water partition coefficient (Wildman–Crippen LogP) is 2.68. The molecule has 0 spiro atoms. The Bertz CT molecular complexity index is 816. The Morgan fingerprint density at radius 2 is 1.81 bits per heavy atom. The van der Waals surface area contributed by atoms with E-state index in [1.54, 1.807) is 12.4 Å². The molecule has 2 aliphatic rings. The van der Waals surface area contributed by atoms with Gasteiger partial charge in [-0.05, 0) is 24.6 Å². The summed E-state index contributed by atoms with van der Waals surface area (Å²) in [6, 6.07) is 6.47. The first kappa shape index (κ1) is 17.7. The van der Waals surface area contributed by atoms with Gasteiger partial charge in [-0.15, -0.1) is 0 Å². The molecule has 0 aliphatic carbocycles. The third-order valence-corrected chi connectivity index (χ3v) is 5.31. The molecule has 1 aromatic heterocycles. The predicted molar refractivity (Wildman–Crippen MR) is 101 cm³/mol. The Morgan fingerprint density at radius 1 is 1.11 bits per heavy atom. The molecular weight excluding hydrogens is 344 g/mol. The SMILES string of the molecule is CCC(=O)c1cnc(N2CCN([C@@H](C)c3ccc4c(c3)OCO4)CC2)nc1. The Morgan fingerprint density at radius 3 is 2.52 bits per heavy atom. The number of hydrogen-bond acceptors (Lipinski definition) is 7. The van der Waals surface area contributed by atoms with Crippen LogP contribution in [0.4, 0.5) is 5.95 Å². The molecule has 0 N–H and O–H groups in total. The van der Waals surface area contributed by atoms with E-state index in [1.165, 1.54) is 5.56 Å². The van der Waals surface area contributed by atoms with E-state index in [1.807, 2.05) is 13.0 Å². The van der Waals surface area contributed by atoms with Gasteiger partial charge < -0.3 is 14.4 Å². The Hall–Kier alpha value is -2.67. The average molecular weight is 368 g/mol. The molecule has 3 heterocycles. The molecule has 1 saturated heterocycles. The maximum Gasteiger partial charge on any atom is 0.231 e. The van der Waals surface area contributed by atoms with Gasteiger partial charge in [0.05, 0.1) is 5.56 Å². The van der Waals surface area contributed by atoms with Gasteiger partial charge in [-0.1, -0.05) is 13.0 Å². The fraction of sp³-hybridized carbons (Fsp3) is 0.450. The molecule has 142 valence electrons. The molecule has 2 aromatic rings. The van der Waals surface area contributed by atoms with Gasteiger partial charge in [-0.25, -0.2) is 9.97 Å². The Labute approximate surface area is 158 Å². The molecule has 0 saturated carbocycles. The zero-order chi connectivity index (χ0) is 18.8. The highest BCUT2D eigenvalue weighted by atomic mass is 16.7. The first-order valence-electron chi connectivity index (χ1n) is 9.39. The largest absolute Gasteiger partial charge is 0.454 e. The minimum Gasteiger partial charge on any atom is -0.454 e. The van der Waals surface area contributed by atoms with Gasteiger partial charge in [0.25, 0.3) is 0 Å². The zero-order valence-electron chi connectivity index (χ0n) is 15.7. The molecule has 4 rings (SSSR count). The number of nitrogens with zero attached hydrogens (tertiary/aromatic N) is 4. The summed E-state index contributed by atoms with van der Waals surface area (Å²) in [5.74, 6) is 2.41. The van der Waals surface area contributed by atoms with Crippen LogP contribution in [0.3, 0.4) is 0 Å². The quantitative estimate of drug-likeness (QED) is 0.752. The van der Waals surface area contributed by atoms with Crippen LogP contribution in [0, 0.1) is 0 Å². The van der Waals surface area contributed by atoms with E-state index < -0.39 is 0 Å². The minimum atomic E-state index is 0.0731. The molecule has 0 unspecified atom stereocenters. The maximum absolute atomic E-state index is 11.7. The summed E-state index contributed by atoms with van der Waals surface area (Å²) in [7, 11) is 0. The van der Waals surface area contributed by atoms with E-state index in [2.05, 4.69) is 38.8 Å². The molecule has 7 heteroatoms. The van der Waals surface area contributed by atoms with Gasteiger partial charge >= 0.3 is 0 Å². The van der Waals surface area contributed by atoms with Gasteiger partial charge in [0.2, 0.25) is 12.7 Å². The van der Waals surface area contributed by atoms with Crippen molar-refractivity contribution in [1.82, 2.24) is 14.9 Å². The molecule has 2 aliphatic heterocycles. The van der Waals surface area contributed by atoms with E-state index in [0.717, 1.165) is 37.7 Å². The second kappa shape index (κ2) is 7.52. The van der Waals surface area contributed by atoms with Crippen LogP contribution < -0.4 is 14.4 Å². The molecule has 1 atom stereocenters. The maximum atomic E-state index is 11.7. The highest BCUT2D eigenvalue weighted by Gasteiger charge is 2.25. The minimum absolute atomic E-state index is 0.0731. The molecular formula is C20H24N4O3. The third-order valence-electron chi connectivity index (χ3n) is 5.31. The highest BCUT2D eigenvalue weighted by molar-refractivity contribution is 5.95. The lowest BCUT2D eigenvalue weighted by Crippen LogP contribution is -2.47. The van der Waals surface area contributed by atoms with Crippen LogP contribution in [0.2, 0.25) is 0 Å². The standard InChI is InChI=1S/C20H24N4O3/c1-3-17(25)16-11-21-20(22-12-16)24-8-6-23(7-9-24)14(2)15-4-5-18-19(10-15)27-13-26-18/h4-5,10-12,14H,3,6-9,13H2,1-2H3/t14-/m0/s1. The van der Waals surface area contributed by atoms with Crippen molar-refractivity contribution in [3.63, 3.8) is 0 Å². The van der Waals surface area contributed by atoms with E-state index in [4.69, 9.17) is 9.47 Å². The first-order valence-corrected chi connectivity index (χ1v) is 9.39. The summed E-state index contributed by atoms with van der Waals surface area (Å²) in [6.07, 6.45) is 3.74. The van der Waals surface area contributed by atoms with Crippen molar-refractivity contribution < 1.29 is 14.3 Å².